The molecule has 2 aromatic carbocycles. The number of thiocarbonyl (C=S) groups is 1. The smallest absolute Gasteiger partial charge is 0.261 e. The van der Waals surface area contributed by atoms with Gasteiger partial charge >= 0.3 is 0 Å². The van der Waals surface area contributed by atoms with Crippen molar-refractivity contribution in [1.82, 2.24) is 5.32 Å². The quantitative estimate of drug-likeness (QED) is 0.445. The maximum atomic E-state index is 12.7. The second-order valence-corrected chi connectivity index (χ2v) is 7.06. The highest BCUT2D eigenvalue weighted by molar-refractivity contribution is 7.80. The number of carbonyl (C=O) groups is 1. The Balaban J connectivity index is 1.99. The zero-order valence-corrected chi connectivity index (χ0v) is 17.9. The van der Waals surface area contributed by atoms with Gasteiger partial charge in [0.1, 0.15) is 18.1 Å². The van der Waals surface area contributed by atoms with Crippen LogP contribution < -0.4 is 20.1 Å². The van der Waals surface area contributed by atoms with Crippen molar-refractivity contribution in [3.8, 4) is 11.5 Å². The van der Waals surface area contributed by atoms with Crippen molar-refractivity contribution in [2.75, 3.05) is 31.7 Å². The average molecular weight is 417 g/mol. The summed E-state index contributed by atoms with van der Waals surface area (Å²) in [6, 6.07) is 14.5. The van der Waals surface area contributed by atoms with Gasteiger partial charge in [0.25, 0.3) is 5.91 Å². The summed E-state index contributed by atoms with van der Waals surface area (Å²) in [6.45, 7) is 8.10. The number of hydrogen-bond donors (Lipinski definition) is 2. The molecule has 0 aliphatic heterocycles. The number of nitrogens with one attached hydrogen (secondary N) is 2. The third-order valence-electron chi connectivity index (χ3n) is 3.76. The summed E-state index contributed by atoms with van der Waals surface area (Å²) in [4.78, 5) is 12.7. The number of rotatable bonds is 10. The molecule has 0 aromatic heterocycles. The van der Waals surface area contributed by atoms with Gasteiger partial charge in [-0.1, -0.05) is 38.1 Å². The molecule has 0 unspecified atom stereocenters. The molecule has 0 aliphatic rings. The fourth-order valence-corrected chi connectivity index (χ4v) is 2.61. The lowest BCUT2D eigenvalue weighted by molar-refractivity contribution is 0.0958. The largest absolute Gasteiger partial charge is 0.491 e. The van der Waals surface area contributed by atoms with Crippen LogP contribution in [0.15, 0.2) is 48.5 Å². The maximum Gasteiger partial charge on any atom is 0.261 e. The molecular formula is C22H28N2O4S. The second kappa shape index (κ2) is 12.0. The van der Waals surface area contributed by atoms with Crippen LogP contribution >= 0.6 is 12.2 Å². The Hall–Kier alpha value is -2.64. The molecule has 2 aromatic rings. The van der Waals surface area contributed by atoms with E-state index in [0.29, 0.717) is 55.1 Å². The van der Waals surface area contributed by atoms with Gasteiger partial charge in [0, 0.05) is 6.61 Å². The number of anilines is 1. The van der Waals surface area contributed by atoms with Crippen LogP contribution in [-0.4, -0.2) is 37.4 Å². The molecular weight excluding hydrogens is 388 g/mol. The van der Waals surface area contributed by atoms with Crippen LogP contribution in [0.3, 0.4) is 0 Å². The van der Waals surface area contributed by atoms with Gasteiger partial charge in [-0.15, -0.1) is 0 Å². The highest BCUT2D eigenvalue weighted by Crippen LogP contribution is 2.24. The molecule has 7 heteroatoms. The van der Waals surface area contributed by atoms with E-state index in [1.54, 1.807) is 18.2 Å². The number of benzene rings is 2. The van der Waals surface area contributed by atoms with Crippen molar-refractivity contribution in [3.63, 3.8) is 0 Å². The molecule has 29 heavy (non-hydrogen) atoms. The predicted octanol–water partition coefficient (Wildman–Crippen LogP) is 4.26. The van der Waals surface area contributed by atoms with Gasteiger partial charge < -0.3 is 19.5 Å². The molecule has 0 bridgehead atoms. The van der Waals surface area contributed by atoms with Crippen molar-refractivity contribution < 1.29 is 19.0 Å². The van der Waals surface area contributed by atoms with E-state index in [1.165, 1.54) is 0 Å². The fourth-order valence-electron chi connectivity index (χ4n) is 2.41. The third kappa shape index (κ3) is 7.71. The van der Waals surface area contributed by atoms with Crippen molar-refractivity contribution in [3.05, 3.63) is 54.1 Å². The maximum absolute atomic E-state index is 12.7. The molecule has 2 rings (SSSR count). The molecule has 0 atom stereocenters. The summed E-state index contributed by atoms with van der Waals surface area (Å²) in [5.41, 5.74) is 1.09. The van der Waals surface area contributed by atoms with Gasteiger partial charge in [-0.05, 0) is 49.3 Å². The molecule has 0 aliphatic carbocycles. The molecule has 0 fully saturated rings. The van der Waals surface area contributed by atoms with E-state index in [2.05, 4.69) is 24.5 Å². The van der Waals surface area contributed by atoms with Crippen molar-refractivity contribution in [1.29, 1.82) is 0 Å². The molecule has 0 radical (unpaired) electrons. The van der Waals surface area contributed by atoms with E-state index in [9.17, 15) is 4.79 Å². The van der Waals surface area contributed by atoms with E-state index in [1.807, 2.05) is 37.3 Å². The highest BCUT2D eigenvalue weighted by atomic mass is 32.1. The van der Waals surface area contributed by atoms with Crippen LogP contribution in [0.1, 0.15) is 31.1 Å². The van der Waals surface area contributed by atoms with Crippen LogP contribution in [0.4, 0.5) is 5.69 Å². The summed E-state index contributed by atoms with van der Waals surface area (Å²) in [6.07, 6.45) is 0. The van der Waals surface area contributed by atoms with E-state index < -0.39 is 0 Å². The Morgan fingerprint density at radius 1 is 1.00 bits per heavy atom. The Morgan fingerprint density at radius 3 is 2.41 bits per heavy atom. The monoisotopic (exact) mass is 416 g/mol. The standard InChI is InChI=1S/C22H28N2O4S/c1-4-26-13-14-27-19-11-7-5-9-17(19)21(25)24-22(29)23-18-10-6-8-12-20(18)28-15-16(2)3/h5-12,16H,4,13-15H2,1-3H3,(H2,23,24,25,29). The summed E-state index contributed by atoms with van der Waals surface area (Å²) >= 11 is 5.31. The van der Waals surface area contributed by atoms with Crippen LogP contribution in [0.5, 0.6) is 11.5 Å². The molecule has 156 valence electrons. The lowest BCUT2D eigenvalue weighted by Gasteiger charge is -2.16. The molecule has 0 saturated carbocycles. The zero-order chi connectivity index (χ0) is 21.1. The van der Waals surface area contributed by atoms with Crippen molar-refractivity contribution in [2.24, 2.45) is 5.92 Å². The van der Waals surface area contributed by atoms with Gasteiger partial charge in [0.05, 0.1) is 24.5 Å². The highest BCUT2D eigenvalue weighted by Gasteiger charge is 2.14. The van der Waals surface area contributed by atoms with Crippen LogP contribution in [0.2, 0.25) is 0 Å². The van der Waals surface area contributed by atoms with Gasteiger partial charge in [-0.2, -0.15) is 0 Å². The van der Waals surface area contributed by atoms with E-state index in [0.717, 1.165) is 0 Å². The number of hydrogen-bond acceptors (Lipinski definition) is 5. The van der Waals surface area contributed by atoms with Crippen LogP contribution in [-0.2, 0) is 4.74 Å². The second-order valence-electron chi connectivity index (χ2n) is 6.65. The first-order chi connectivity index (χ1) is 14.0. The lowest BCUT2D eigenvalue weighted by atomic mass is 10.2. The molecule has 1 amide bonds. The molecule has 0 spiro atoms. The van der Waals surface area contributed by atoms with Crippen LogP contribution in [0, 0.1) is 5.92 Å². The summed E-state index contributed by atoms with van der Waals surface area (Å²) < 4.78 is 16.7. The first-order valence-electron chi connectivity index (χ1n) is 9.65. The normalized spacial score (nSPS) is 10.5. The topological polar surface area (TPSA) is 68.8 Å². The first-order valence-corrected chi connectivity index (χ1v) is 10.1. The van der Waals surface area contributed by atoms with Crippen LogP contribution in [0.25, 0.3) is 0 Å². The van der Waals surface area contributed by atoms with Gasteiger partial charge in [-0.25, -0.2) is 0 Å². The Labute approximate surface area is 177 Å². The fraction of sp³-hybridized carbons (Fsp3) is 0.364. The summed E-state index contributed by atoms with van der Waals surface area (Å²) in [5, 5.41) is 5.90. The summed E-state index contributed by atoms with van der Waals surface area (Å²) in [7, 11) is 0. The van der Waals surface area contributed by atoms with Gasteiger partial charge in [-0.3, -0.25) is 10.1 Å². The lowest BCUT2D eigenvalue weighted by Crippen LogP contribution is -2.34. The minimum absolute atomic E-state index is 0.180. The van der Waals surface area contributed by atoms with E-state index in [4.69, 9.17) is 26.4 Å². The van der Waals surface area contributed by atoms with Crippen molar-refractivity contribution >= 4 is 28.9 Å². The molecule has 0 saturated heterocycles. The zero-order valence-electron chi connectivity index (χ0n) is 17.1. The van der Waals surface area contributed by atoms with E-state index >= 15 is 0 Å². The van der Waals surface area contributed by atoms with Crippen molar-refractivity contribution in [2.45, 2.75) is 20.8 Å². The van der Waals surface area contributed by atoms with E-state index in [-0.39, 0.29) is 11.0 Å². The third-order valence-corrected chi connectivity index (χ3v) is 3.96. The minimum atomic E-state index is -0.352. The van der Waals surface area contributed by atoms with Gasteiger partial charge in [0.15, 0.2) is 5.11 Å². The first kappa shape index (κ1) is 22.6. The Kier molecular flexibility index (Phi) is 9.40. The number of carbonyl (C=O) groups excluding carboxylic acids is 1. The predicted molar refractivity (Wildman–Crippen MR) is 119 cm³/mol. The SMILES string of the molecule is CCOCCOc1ccccc1C(=O)NC(=S)Nc1ccccc1OCC(C)C. The molecule has 6 nitrogen and oxygen atoms in total. The molecule has 0 heterocycles. The molecule has 2 N–H and O–H groups in total. The number of amides is 1. The van der Waals surface area contributed by atoms with Gasteiger partial charge in [0.2, 0.25) is 0 Å². The Bertz CT molecular complexity index is 811. The number of para-hydroxylation sites is 3. The summed E-state index contributed by atoms with van der Waals surface area (Å²) in [5.74, 6) is 1.20. The minimum Gasteiger partial charge on any atom is -0.491 e. The average Bonchev–Trinajstić information content (AvgIpc) is 2.70. The Morgan fingerprint density at radius 2 is 1.69 bits per heavy atom. The number of ether oxygens (including phenoxy) is 3.